The fourth-order valence-electron chi connectivity index (χ4n) is 3.49. The number of thiophene rings is 1. The average molecular weight is 431 g/mol. The topological polar surface area (TPSA) is 43.3 Å². The molecule has 2 heterocycles. The number of aryl methyl sites for hydroxylation is 2. The minimum atomic E-state index is -0.0804. The molecule has 0 saturated carbocycles. The number of hydrogen-bond acceptors (Lipinski definition) is 3. The molecule has 0 bridgehead atoms. The standard InChI is InChI=1S/C26H26N2O2S/c1-18-6-11-24(19(2)14-18)30-16-21-15-25(31-17-21)26(29)27-20(3)22-7-9-23(10-8-22)28-12-4-5-13-28/h4-15,17,20H,16H2,1-3H3,(H,27,29). The summed E-state index contributed by atoms with van der Waals surface area (Å²) in [6.45, 7) is 6.56. The maximum atomic E-state index is 12.7. The Morgan fingerprint density at radius 1 is 1.06 bits per heavy atom. The largest absolute Gasteiger partial charge is 0.489 e. The van der Waals surface area contributed by atoms with Gasteiger partial charge in [0, 0.05) is 23.6 Å². The minimum absolute atomic E-state index is 0.0650. The van der Waals surface area contributed by atoms with E-state index in [0.29, 0.717) is 11.5 Å². The van der Waals surface area contributed by atoms with Crippen LogP contribution in [0.25, 0.3) is 5.69 Å². The van der Waals surface area contributed by atoms with E-state index < -0.39 is 0 Å². The van der Waals surface area contributed by atoms with Gasteiger partial charge in [0.1, 0.15) is 12.4 Å². The van der Waals surface area contributed by atoms with Crippen LogP contribution in [0.4, 0.5) is 0 Å². The van der Waals surface area contributed by atoms with Crippen molar-refractivity contribution in [2.75, 3.05) is 0 Å². The quantitative estimate of drug-likeness (QED) is 0.378. The molecule has 4 rings (SSSR count). The summed E-state index contributed by atoms with van der Waals surface area (Å²) in [6, 6.07) is 20.2. The van der Waals surface area contributed by atoms with Gasteiger partial charge in [-0.15, -0.1) is 11.3 Å². The van der Waals surface area contributed by atoms with Gasteiger partial charge in [0.25, 0.3) is 5.91 Å². The molecule has 4 aromatic rings. The van der Waals surface area contributed by atoms with Crippen LogP contribution >= 0.6 is 11.3 Å². The minimum Gasteiger partial charge on any atom is -0.489 e. The van der Waals surface area contributed by atoms with Crippen LogP contribution in [0, 0.1) is 13.8 Å². The third-order valence-electron chi connectivity index (χ3n) is 5.25. The predicted octanol–water partition coefficient (Wildman–Crippen LogP) is 6.23. The Kier molecular flexibility index (Phi) is 6.23. The molecule has 0 fully saturated rings. The zero-order chi connectivity index (χ0) is 21.8. The second kappa shape index (κ2) is 9.23. The molecular weight excluding hydrogens is 404 g/mol. The van der Waals surface area contributed by atoms with Gasteiger partial charge in [-0.3, -0.25) is 4.79 Å². The summed E-state index contributed by atoms with van der Waals surface area (Å²) < 4.78 is 7.99. The lowest BCUT2D eigenvalue weighted by Gasteiger charge is -2.14. The molecule has 0 aliphatic heterocycles. The maximum Gasteiger partial charge on any atom is 0.261 e. The highest BCUT2D eigenvalue weighted by Crippen LogP contribution is 2.23. The molecule has 0 aliphatic rings. The number of amides is 1. The van der Waals surface area contributed by atoms with E-state index in [-0.39, 0.29) is 11.9 Å². The maximum absolute atomic E-state index is 12.7. The van der Waals surface area contributed by atoms with Gasteiger partial charge in [-0.25, -0.2) is 0 Å². The molecule has 2 aromatic carbocycles. The van der Waals surface area contributed by atoms with E-state index in [2.05, 4.69) is 47.1 Å². The van der Waals surface area contributed by atoms with E-state index in [1.165, 1.54) is 16.9 Å². The monoisotopic (exact) mass is 430 g/mol. The molecule has 1 atom stereocenters. The van der Waals surface area contributed by atoms with Crippen molar-refractivity contribution >= 4 is 17.2 Å². The number of carbonyl (C=O) groups excluding carboxylic acids is 1. The van der Waals surface area contributed by atoms with Crippen molar-refractivity contribution < 1.29 is 9.53 Å². The van der Waals surface area contributed by atoms with E-state index in [9.17, 15) is 4.79 Å². The number of benzene rings is 2. The number of hydrogen-bond donors (Lipinski definition) is 1. The van der Waals surface area contributed by atoms with Gasteiger partial charge in [-0.2, -0.15) is 0 Å². The number of nitrogens with zero attached hydrogens (tertiary/aromatic N) is 1. The van der Waals surface area contributed by atoms with Crippen LogP contribution in [0.15, 0.2) is 78.4 Å². The molecule has 5 heteroatoms. The normalized spacial score (nSPS) is 11.8. The first-order valence-electron chi connectivity index (χ1n) is 10.3. The molecule has 1 N–H and O–H groups in total. The van der Waals surface area contributed by atoms with Crippen LogP contribution in [0.3, 0.4) is 0 Å². The lowest BCUT2D eigenvalue weighted by Crippen LogP contribution is -2.25. The van der Waals surface area contributed by atoms with Crippen molar-refractivity contribution in [3.05, 3.63) is 106 Å². The second-order valence-electron chi connectivity index (χ2n) is 7.75. The van der Waals surface area contributed by atoms with E-state index in [1.54, 1.807) is 0 Å². The Hall–Kier alpha value is -3.31. The van der Waals surface area contributed by atoms with Crippen molar-refractivity contribution in [3.63, 3.8) is 0 Å². The van der Waals surface area contributed by atoms with Crippen molar-refractivity contribution in [3.8, 4) is 11.4 Å². The van der Waals surface area contributed by atoms with Gasteiger partial charge in [-0.1, -0.05) is 29.8 Å². The Balaban J connectivity index is 1.35. The molecule has 4 nitrogen and oxygen atoms in total. The van der Waals surface area contributed by atoms with Gasteiger partial charge in [0.2, 0.25) is 0 Å². The lowest BCUT2D eigenvalue weighted by molar-refractivity contribution is 0.0944. The summed E-state index contributed by atoms with van der Waals surface area (Å²) in [5, 5.41) is 5.07. The highest BCUT2D eigenvalue weighted by atomic mass is 32.1. The Labute approximate surface area is 187 Å². The van der Waals surface area contributed by atoms with Crippen molar-refractivity contribution in [2.24, 2.45) is 0 Å². The summed E-state index contributed by atoms with van der Waals surface area (Å²) in [7, 11) is 0. The number of nitrogens with one attached hydrogen (secondary N) is 1. The van der Waals surface area contributed by atoms with Gasteiger partial charge in [0.15, 0.2) is 0 Å². The van der Waals surface area contributed by atoms with E-state index in [0.717, 1.165) is 28.1 Å². The molecular formula is C26H26N2O2S. The molecule has 158 valence electrons. The first-order chi connectivity index (χ1) is 15.0. The average Bonchev–Trinajstić information content (AvgIpc) is 3.46. The first kappa shape index (κ1) is 20.9. The zero-order valence-corrected chi connectivity index (χ0v) is 18.8. The summed E-state index contributed by atoms with van der Waals surface area (Å²) in [5.41, 5.74) is 5.50. The van der Waals surface area contributed by atoms with Crippen molar-refractivity contribution in [2.45, 2.75) is 33.4 Å². The molecule has 1 amide bonds. The highest BCUT2D eigenvalue weighted by molar-refractivity contribution is 7.12. The summed E-state index contributed by atoms with van der Waals surface area (Å²) in [5.74, 6) is 0.810. The molecule has 2 aromatic heterocycles. The number of ether oxygens (including phenoxy) is 1. The Morgan fingerprint density at radius 3 is 2.52 bits per heavy atom. The summed E-state index contributed by atoms with van der Waals surface area (Å²) in [4.78, 5) is 13.4. The highest BCUT2D eigenvalue weighted by Gasteiger charge is 2.14. The van der Waals surface area contributed by atoms with Crippen molar-refractivity contribution in [1.29, 1.82) is 0 Å². The van der Waals surface area contributed by atoms with Crippen LogP contribution in [0.1, 0.15) is 44.9 Å². The summed E-state index contributed by atoms with van der Waals surface area (Å²) >= 11 is 1.44. The number of carbonyl (C=O) groups is 1. The number of rotatable bonds is 7. The van der Waals surface area contributed by atoms with E-state index >= 15 is 0 Å². The SMILES string of the molecule is Cc1ccc(OCc2csc(C(=O)NC(C)c3ccc(-n4cccc4)cc3)c2)c(C)c1. The molecule has 0 radical (unpaired) electrons. The molecule has 1 unspecified atom stereocenters. The molecule has 31 heavy (non-hydrogen) atoms. The third kappa shape index (κ3) is 5.06. The molecule has 0 aliphatic carbocycles. The predicted molar refractivity (Wildman–Crippen MR) is 126 cm³/mol. The third-order valence-corrected chi connectivity index (χ3v) is 6.22. The van der Waals surface area contributed by atoms with Crippen LogP contribution in [-0.2, 0) is 6.61 Å². The number of aromatic nitrogens is 1. The van der Waals surface area contributed by atoms with Gasteiger partial charge in [-0.05, 0) is 73.7 Å². The Bertz CT molecular complexity index is 1160. The summed E-state index contributed by atoms with van der Waals surface area (Å²) in [6.07, 6.45) is 4.02. The fraction of sp³-hybridized carbons (Fsp3) is 0.192. The molecule has 0 spiro atoms. The second-order valence-corrected chi connectivity index (χ2v) is 8.67. The zero-order valence-electron chi connectivity index (χ0n) is 18.0. The lowest BCUT2D eigenvalue weighted by atomic mass is 10.1. The van der Waals surface area contributed by atoms with Crippen LogP contribution < -0.4 is 10.1 Å². The molecule has 0 saturated heterocycles. The van der Waals surface area contributed by atoms with E-state index in [4.69, 9.17) is 4.74 Å². The van der Waals surface area contributed by atoms with Gasteiger partial charge in [0.05, 0.1) is 10.9 Å². The Morgan fingerprint density at radius 2 is 1.81 bits per heavy atom. The van der Waals surface area contributed by atoms with Crippen LogP contribution in [0.5, 0.6) is 5.75 Å². The van der Waals surface area contributed by atoms with Crippen LogP contribution in [0.2, 0.25) is 0 Å². The first-order valence-corrected chi connectivity index (χ1v) is 11.2. The van der Waals surface area contributed by atoms with Crippen LogP contribution in [-0.4, -0.2) is 10.5 Å². The smallest absolute Gasteiger partial charge is 0.261 e. The van der Waals surface area contributed by atoms with Crippen molar-refractivity contribution in [1.82, 2.24) is 9.88 Å². The van der Waals surface area contributed by atoms with Gasteiger partial charge < -0.3 is 14.6 Å². The van der Waals surface area contributed by atoms with E-state index in [1.807, 2.05) is 62.0 Å². The van der Waals surface area contributed by atoms with Gasteiger partial charge >= 0.3 is 0 Å². The fourth-order valence-corrected chi connectivity index (χ4v) is 4.29.